The van der Waals surface area contributed by atoms with Crippen LogP contribution in [0.15, 0.2) is 72.9 Å². The minimum atomic E-state index is -0.470. The number of hydrogen-bond acceptors (Lipinski definition) is 4. The molecule has 4 N–H and O–H groups in total. The van der Waals surface area contributed by atoms with Gasteiger partial charge in [0.1, 0.15) is 5.75 Å². The molecular weight excluding hydrogens is 442 g/mol. The highest BCUT2D eigenvalue weighted by Crippen LogP contribution is 2.29. The molecule has 7 heteroatoms. The number of aromatic amines is 1. The molecule has 0 saturated carbocycles. The van der Waals surface area contributed by atoms with E-state index in [1.54, 1.807) is 12.1 Å². The summed E-state index contributed by atoms with van der Waals surface area (Å²) in [5.41, 5.74) is 4.75. The van der Waals surface area contributed by atoms with Gasteiger partial charge in [-0.2, -0.15) is 0 Å². The first-order valence-corrected chi connectivity index (χ1v) is 11.6. The van der Waals surface area contributed by atoms with Crippen molar-refractivity contribution in [2.24, 2.45) is 0 Å². The molecule has 4 rings (SSSR count). The molecule has 2 amide bonds. The minimum absolute atomic E-state index is 0.154. The molecule has 35 heavy (non-hydrogen) atoms. The first kappa shape index (κ1) is 24.0. The van der Waals surface area contributed by atoms with E-state index in [4.69, 9.17) is 4.74 Å². The first-order chi connectivity index (χ1) is 17.0. The molecule has 0 radical (unpaired) electrons. The van der Waals surface area contributed by atoms with E-state index in [0.717, 1.165) is 27.6 Å². The number of ether oxygens (including phenoxy) is 1. The van der Waals surface area contributed by atoms with Gasteiger partial charge in [0, 0.05) is 29.7 Å². The van der Waals surface area contributed by atoms with Crippen molar-refractivity contribution in [3.63, 3.8) is 0 Å². The Labute approximate surface area is 204 Å². The Hall–Kier alpha value is -4.10. The number of anilines is 1. The van der Waals surface area contributed by atoms with Gasteiger partial charge in [-0.05, 0) is 60.4 Å². The molecular formula is C28H29N3O4. The van der Waals surface area contributed by atoms with Crippen LogP contribution in [0.3, 0.4) is 0 Å². The summed E-state index contributed by atoms with van der Waals surface area (Å²) in [6.45, 7) is 3.53. The van der Waals surface area contributed by atoms with Crippen molar-refractivity contribution >= 4 is 28.4 Å². The maximum Gasteiger partial charge on any atom is 0.255 e. The Morgan fingerprint density at radius 1 is 1.03 bits per heavy atom. The lowest BCUT2D eigenvalue weighted by Gasteiger charge is -2.18. The largest absolute Gasteiger partial charge is 0.493 e. The van der Waals surface area contributed by atoms with E-state index in [-0.39, 0.29) is 18.4 Å². The predicted octanol–water partition coefficient (Wildman–Crippen LogP) is 4.53. The fourth-order valence-corrected chi connectivity index (χ4v) is 4.14. The van der Waals surface area contributed by atoms with Crippen molar-refractivity contribution in [2.45, 2.75) is 26.3 Å². The SMILES string of the molecule is CCOc1ccc(-c2cccc(NC(C)=O)c2)cc1C(=O)N[C@@H](CO)Cc1c[nH]c2ccccc12. The van der Waals surface area contributed by atoms with Crippen LogP contribution in [0.1, 0.15) is 29.8 Å². The zero-order valence-corrected chi connectivity index (χ0v) is 19.8. The Morgan fingerprint density at radius 3 is 2.60 bits per heavy atom. The topological polar surface area (TPSA) is 103 Å². The van der Waals surface area contributed by atoms with Crippen molar-refractivity contribution in [1.29, 1.82) is 0 Å². The van der Waals surface area contributed by atoms with Crippen molar-refractivity contribution in [3.8, 4) is 16.9 Å². The van der Waals surface area contributed by atoms with Gasteiger partial charge >= 0.3 is 0 Å². The Kier molecular flexibility index (Phi) is 7.48. The number of hydrogen-bond donors (Lipinski definition) is 4. The molecule has 1 aromatic heterocycles. The molecule has 7 nitrogen and oxygen atoms in total. The Balaban J connectivity index is 1.59. The lowest BCUT2D eigenvalue weighted by Crippen LogP contribution is -2.39. The number of carbonyl (C=O) groups excluding carboxylic acids is 2. The lowest BCUT2D eigenvalue weighted by atomic mass is 10.0. The smallest absolute Gasteiger partial charge is 0.255 e. The third-order valence-electron chi connectivity index (χ3n) is 5.74. The summed E-state index contributed by atoms with van der Waals surface area (Å²) in [6, 6.07) is 20.3. The van der Waals surface area contributed by atoms with Crippen molar-refractivity contribution in [3.05, 3.63) is 84.1 Å². The molecule has 1 heterocycles. The van der Waals surface area contributed by atoms with Gasteiger partial charge in [-0.1, -0.05) is 36.4 Å². The maximum atomic E-state index is 13.3. The number of benzene rings is 3. The van der Waals surface area contributed by atoms with E-state index in [0.29, 0.717) is 30.0 Å². The number of aliphatic hydroxyl groups is 1. The average Bonchev–Trinajstić information content (AvgIpc) is 3.26. The Bertz CT molecular complexity index is 1350. The lowest BCUT2D eigenvalue weighted by molar-refractivity contribution is -0.114. The van der Waals surface area contributed by atoms with Crippen LogP contribution in [0.25, 0.3) is 22.0 Å². The number of rotatable bonds is 9. The first-order valence-electron chi connectivity index (χ1n) is 11.6. The summed E-state index contributed by atoms with van der Waals surface area (Å²) in [7, 11) is 0. The van der Waals surface area contributed by atoms with Gasteiger partial charge in [0.2, 0.25) is 5.91 Å². The number of amides is 2. The summed E-state index contributed by atoms with van der Waals surface area (Å²) in [4.78, 5) is 28.0. The van der Waals surface area contributed by atoms with Gasteiger partial charge in [-0.3, -0.25) is 9.59 Å². The standard InChI is InChI=1S/C28H29N3O4/c1-3-35-27-12-11-20(19-7-6-8-22(13-19)30-18(2)33)15-25(27)28(34)31-23(17-32)14-21-16-29-26-10-5-4-9-24(21)26/h4-13,15-16,23,29,32H,3,14,17H2,1-2H3,(H,30,33)(H,31,34)/t23-/m1/s1. The van der Waals surface area contributed by atoms with Crippen molar-refractivity contribution < 1.29 is 19.4 Å². The van der Waals surface area contributed by atoms with Gasteiger partial charge < -0.3 is 25.5 Å². The monoisotopic (exact) mass is 471 g/mol. The number of nitrogens with one attached hydrogen (secondary N) is 3. The number of aromatic nitrogens is 1. The average molecular weight is 472 g/mol. The van der Waals surface area contributed by atoms with Crippen molar-refractivity contribution in [2.75, 3.05) is 18.5 Å². The molecule has 0 aliphatic rings. The number of aliphatic hydroxyl groups excluding tert-OH is 1. The van der Waals surface area contributed by atoms with Crippen LogP contribution in [-0.2, 0) is 11.2 Å². The molecule has 1 atom stereocenters. The van der Waals surface area contributed by atoms with E-state index < -0.39 is 6.04 Å². The molecule has 0 unspecified atom stereocenters. The van der Waals surface area contributed by atoms with Crippen LogP contribution in [0.5, 0.6) is 5.75 Å². The maximum absolute atomic E-state index is 13.3. The molecule has 0 bridgehead atoms. The van der Waals surface area contributed by atoms with Crippen LogP contribution in [0.4, 0.5) is 5.69 Å². The van der Waals surface area contributed by atoms with Gasteiger partial charge in [0.05, 0.1) is 24.8 Å². The highest BCUT2D eigenvalue weighted by Gasteiger charge is 2.19. The van der Waals surface area contributed by atoms with E-state index in [9.17, 15) is 14.7 Å². The fraction of sp³-hybridized carbons (Fsp3) is 0.214. The number of carbonyl (C=O) groups is 2. The Morgan fingerprint density at radius 2 is 1.83 bits per heavy atom. The van der Waals surface area contributed by atoms with Gasteiger partial charge in [-0.15, -0.1) is 0 Å². The highest BCUT2D eigenvalue weighted by molar-refractivity contribution is 5.98. The van der Waals surface area contributed by atoms with Crippen LogP contribution in [0.2, 0.25) is 0 Å². The third kappa shape index (κ3) is 5.70. The van der Waals surface area contributed by atoms with E-state index >= 15 is 0 Å². The van der Waals surface area contributed by atoms with Gasteiger partial charge in [0.25, 0.3) is 5.91 Å². The van der Waals surface area contributed by atoms with E-state index in [1.807, 2.05) is 67.7 Å². The molecule has 0 fully saturated rings. The summed E-state index contributed by atoms with van der Waals surface area (Å²) in [5.74, 6) is -0.0121. The second kappa shape index (κ2) is 10.9. The van der Waals surface area contributed by atoms with Gasteiger partial charge in [-0.25, -0.2) is 0 Å². The van der Waals surface area contributed by atoms with Crippen LogP contribution in [0, 0.1) is 0 Å². The quantitative estimate of drug-likeness (QED) is 0.288. The summed E-state index contributed by atoms with van der Waals surface area (Å²) in [6.07, 6.45) is 2.39. The number of H-pyrrole nitrogens is 1. The molecule has 3 aromatic carbocycles. The zero-order chi connectivity index (χ0) is 24.8. The number of para-hydroxylation sites is 1. The molecule has 4 aromatic rings. The molecule has 0 aliphatic heterocycles. The zero-order valence-electron chi connectivity index (χ0n) is 19.8. The van der Waals surface area contributed by atoms with E-state index in [1.165, 1.54) is 6.92 Å². The summed E-state index contributed by atoms with van der Waals surface area (Å²) in [5, 5.41) is 16.8. The summed E-state index contributed by atoms with van der Waals surface area (Å²) >= 11 is 0. The second-order valence-electron chi connectivity index (χ2n) is 8.32. The van der Waals surface area contributed by atoms with Crippen LogP contribution in [-0.4, -0.2) is 41.2 Å². The molecule has 0 aliphatic carbocycles. The van der Waals surface area contributed by atoms with Crippen molar-refractivity contribution in [1.82, 2.24) is 10.3 Å². The molecule has 0 spiro atoms. The van der Waals surface area contributed by atoms with Gasteiger partial charge in [0.15, 0.2) is 0 Å². The van der Waals surface area contributed by atoms with Crippen LogP contribution < -0.4 is 15.4 Å². The second-order valence-corrected chi connectivity index (χ2v) is 8.32. The van der Waals surface area contributed by atoms with E-state index in [2.05, 4.69) is 15.6 Å². The van der Waals surface area contributed by atoms with Crippen LogP contribution >= 0.6 is 0 Å². The third-order valence-corrected chi connectivity index (χ3v) is 5.74. The highest BCUT2D eigenvalue weighted by atomic mass is 16.5. The molecule has 0 saturated heterocycles. The normalized spacial score (nSPS) is 11.7. The molecule has 180 valence electrons. The number of fused-ring (bicyclic) bond motifs is 1. The minimum Gasteiger partial charge on any atom is -0.493 e. The predicted molar refractivity (Wildman–Crippen MR) is 138 cm³/mol. The summed E-state index contributed by atoms with van der Waals surface area (Å²) < 4.78 is 5.72. The fourth-order valence-electron chi connectivity index (χ4n) is 4.14.